The van der Waals surface area contributed by atoms with Crippen LogP contribution in [0.3, 0.4) is 0 Å². The van der Waals surface area contributed by atoms with E-state index in [2.05, 4.69) is 18.9 Å². The van der Waals surface area contributed by atoms with Crippen molar-refractivity contribution in [2.75, 3.05) is 0 Å². The van der Waals surface area contributed by atoms with Crippen LogP contribution in [0.25, 0.3) is 16.6 Å². The van der Waals surface area contributed by atoms with Crippen LogP contribution in [-0.2, 0) is 7.05 Å². The van der Waals surface area contributed by atoms with Crippen molar-refractivity contribution in [3.8, 4) is 11.4 Å². The second kappa shape index (κ2) is 8.16. The van der Waals surface area contributed by atoms with E-state index in [-0.39, 0.29) is 23.6 Å². The quantitative estimate of drug-likeness (QED) is 0.532. The maximum absolute atomic E-state index is 11.7. The fourth-order valence-electron chi connectivity index (χ4n) is 3.50. The van der Waals surface area contributed by atoms with Gasteiger partial charge in [0.25, 0.3) is 0 Å². The van der Waals surface area contributed by atoms with Crippen LogP contribution >= 0.6 is 0 Å². The summed E-state index contributed by atoms with van der Waals surface area (Å²) >= 11 is 0. The largest absolute Gasteiger partial charge is 0.484 e. The number of hydrogen-bond acceptors (Lipinski definition) is 4. The third kappa shape index (κ3) is 3.86. The van der Waals surface area contributed by atoms with E-state index in [9.17, 15) is 4.79 Å². The zero-order chi connectivity index (χ0) is 21.3. The van der Waals surface area contributed by atoms with Crippen molar-refractivity contribution in [1.82, 2.24) is 14.3 Å². The number of pyridine rings is 1. The van der Waals surface area contributed by atoms with Crippen molar-refractivity contribution in [3.63, 3.8) is 0 Å². The average Bonchev–Trinajstić information content (AvgIpc) is 3.17. The van der Waals surface area contributed by atoms with Gasteiger partial charge in [0.1, 0.15) is 11.9 Å². The van der Waals surface area contributed by atoms with Gasteiger partial charge in [-0.3, -0.25) is 4.79 Å². The number of rotatable bonds is 6. The molecule has 154 valence electrons. The van der Waals surface area contributed by atoms with Crippen LogP contribution < -0.4 is 16.0 Å². The monoisotopic (exact) mass is 402 g/mol. The molecule has 2 heterocycles. The first kappa shape index (κ1) is 19.9. The van der Waals surface area contributed by atoms with Gasteiger partial charge in [-0.15, -0.1) is 0 Å². The minimum Gasteiger partial charge on any atom is -0.484 e. The smallest absolute Gasteiger partial charge is 0.250 e. The number of fused-ring (bicyclic) bond motifs is 1. The third-order valence-electron chi connectivity index (χ3n) is 5.36. The zero-order valence-electron chi connectivity index (χ0n) is 17.4. The van der Waals surface area contributed by atoms with Crippen molar-refractivity contribution >= 4 is 10.9 Å². The Morgan fingerprint density at radius 2 is 1.80 bits per heavy atom. The summed E-state index contributed by atoms with van der Waals surface area (Å²) in [6, 6.07) is 19.1. The van der Waals surface area contributed by atoms with E-state index in [1.165, 1.54) is 10.6 Å². The summed E-state index contributed by atoms with van der Waals surface area (Å²) in [6.07, 6.45) is 3.32. The Balaban J connectivity index is 1.68. The van der Waals surface area contributed by atoms with Crippen molar-refractivity contribution in [1.29, 1.82) is 0 Å². The zero-order valence-corrected chi connectivity index (χ0v) is 17.4. The predicted octanol–water partition coefficient (Wildman–Crippen LogP) is 3.83. The minimum absolute atomic E-state index is 0.0562. The van der Waals surface area contributed by atoms with Crippen molar-refractivity contribution in [2.24, 2.45) is 18.7 Å². The first-order valence-electron chi connectivity index (χ1n) is 10.1. The van der Waals surface area contributed by atoms with E-state index in [1.54, 1.807) is 25.5 Å². The lowest BCUT2D eigenvalue weighted by Gasteiger charge is -2.28. The first-order chi connectivity index (χ1) is 14.4. The van der Waals surface area contributed by atoms with Gasteiger partial charge >= 0.3 is 0 Å². The lowest BCUT2D eigenvalue weighted by atomic mass is 9.94. The van der Waals surface area contributed by atoms with Crippen LogP contribution in [-0.4, -0.2) is 20.4 Å². The Labute approximate surface area is 175 Å². The van der Waals surface area contributed by atoms with Gasteiger partial charge in [-0.05, 0) is 35.7 Å². The molecule has 6 nitrogen and oxygen atoms in total. The lowest BCUT2D eigenvalue weighted by Crippen LogP contribution is -2.36. The fraction of sp³-hybridized carbons (Fsp3) is 0.250. The van der Waals surface area contributed by atoms with Crippen molar-refractivity contribution < 1.29 is 4.74 Å². The van der Waals surface area contributed by atoms with Crippen molar-refractivity contribution in [3.05, 3.63) is 89.0 Å². The molecule has 30 heavy (non-hydrogen) atoms. The molecule has 4 rings (SSSR count). The standard InChI is InChI=1S/C24H26N4O2/c1-16(2)23(25)24(17-7-5-4-6-8-17)30-20-10-11-21-18(13-20)14-26-28(21)19-9-12-22(29)27(3)15-19/h4-16,23-24H,25H2,1-3H3/t23?,24-/m1/s1. The number of ether oxygens (including phenoxy) is 1. The fourth-order valence-corrected chi connectivity index (χ4v) is 3.50. The Kier molecular flexibility index (Phi) is 5.42. The van der Waals surface area contributed by atoms with Gasteiger partial charge in [0.15, 0.2) is 0 Å². The highest BCUT2D eigenvalue weighted by Crippen LogP contribution is 2.30. The second-order valence-electron chi connectivity index (χ2n) is 7.88. The number of benzene rings is 2. The number of nitrogens with two attached hydrogens (primary N) is 1. The molecule has 0 saturated carbocycles. The molecule has 2 atom stereocenters. The summed E-state index contributed by atoms with van der Waals surface area (Å²) < 4.78 is 9.73. The highest BCUT2D eigenvalue weighted by atomic mass is 16.5. The van der Waals surface area contributed by atoms with Gasteiger partial charge in [0.05, 0.1) is 17.4 Å². The number of hydrogen-bond donors (Lipinski definition) is 1. The average molecular weight is 402 g/mol. The van der Waals surface area contributed by atoms with E-state index in [1.807, 2.05) is 53.2 Å². The highest BCUT2D eigenvalue weighted by Gasteiger charge is 2.24. The molecular weight excluding hydrogens is 376 g/mol. The van der Waals surface area contributed by atoms with E-state index in [0.717, 1.165) is 27.9 Å². The molecule has 2 aromatic heterocycles. The van der Waals surface area contributed by atoms with Gasteiger partial charge in [-0.2, -0.15) is 5.10 Å². The molecule has 0 bridgehead atoms. The lowest BCUT2D eigenvalue weighted by molar-refractivity contribution is 0.151. The molecule has 0 aliphatic carbocycles. The van der Waals surface area contributed by atoms with Crippen LogP contribution in [0.15, 0.2) is 77.9 Å². The predicted molar refractivity (Wildman–Crippen MR) is 119 cm³/mol. The van der Waals surface area contributed by atoms with E-state index in [4.69, 9.17) is 10.5 Å². The van der Waals surface area contributed by atoms with E-state index < -0.39 is 0 Å². The summed E-state index contributed by atoms with van der Waals surface area (Å²) in [6.45, 7) is 4.20. The van der Waals surface area contributed by atoms with Crippen LogP contribution in [0.1, 0.15) is 25.5 Å². The minimum atomic E-state index is -0.248. The molecule has 2 N–H and O–H groups in total. The SMILES string of the molecule is CC(C)C(N)[C@H](Oc1ccc2c(cnn2-c2ccc(=O)n(C)c2)c1)c1ccccc1. The van der Waals surface area contributed by atoms with E-state index >= 15 is 0 Å². The summed E-state index contributed by atoms with van der Waals surface area (Å²) in [4.78, 5) is 11.7. The molecule has 0 spiro atoms. The molecule has 0 aliphatic heterocycles. The molecule has 0 fully saturated rings. The molecule has 0 saturated heterocycles. The molecule has 4 aromatic rings. The Hall–Kier alpha value is -3.38. The molecule has 0 amide bonds. The van der Waals surface area contributed by atoms with Crippen LogP contribution in [0.4, 0.5) is 0 Å². The molecule has 1 unspecified atom stereocenters. The second-order valence-corrected chi connectivity index (χ2v) is 7.88. The highest BCUT2D eigenvalue weighted by molar-refractivity contribution is 5.81. The number of aromatic nitrogens is 3. The summed E-state index contributed by atoms with van der Waals surface area (Å²) in [5, 5.41) is 5.45. The van der Waals surface area contributed by atoms with Crippen molar-refractivity contribution in [2.45, 2.75) is 26.0 Å². The topological polar surface area (TPSA) is 75.1 Å². The van der Waals surface area contributed by atoms with E-state index in [0.29, 0.717) is 0 Å². The molecular formula is C24H26N4O2. The maximum atomic E-state index is 11.7. The van der Waals surface area contributed by atoms with Crippen LogP contribution in [0.5, 0.6) is 5.75 Å². The van der Waals surface area contributed by atoms with Crippen LogP contribution in [0.2, 0.25) is 0 Å². The van der Waals surface area contributed by atoms with Gasteiger partial charge in [-0.25, -0.2) is 4.68 Å². The Morgan fingerprint density at radius 1 is 1.03 bits per heavy atom. The Morgan fingerprint density at radius 3 is 2.50 bits per heavy atom. The first-order valence-corrected chi connectivity index (χ1v) is 10.1. The van der Waals surface area contributed by atoms with Gasteiger partial charge in [0.2, 0.25) is 5.56 Å². The normalized spacial score (nSPS) is 13.5. The number of aryl methyl sites for hydroxylation is 1. The van der Waals surface area contributed by atoms with Gasteiger partial charge in [0, 0.05) is 30.7 Å². The van der Waals surface area contributed by atoms with Gasteiger partial charge in [-0.1, -0.05) is 44.2 Å². The molecule has 0 radical (unpaired) electrons. The Bertz CT molecular complexity index is 1210. The van der Waals surface area contributed by atoms with Crippen LogP contribution in [0, 0.1) is 5.92 Å². The summed E-state index contributed by atoms with van der Waals surface area (Å²) in [5.74, 6) is 1.01. The third-order valence-corrected chi connectivity index (χ3v) is 5.36. The summed E-state index contributed by atoms with van der Waals surface area (Å²) in [7, 11) is 1.73. The maximum Gasteiger partial charge on any atom is 0.250 e. The molecule has 0 aliphatic rings. The number of nitrogens with zero attached hydrogens (tertiary/aromatic N) is 3. The molecule has 6 heteroatoms. The van der Waals surface area contributed by atoms with Gasteiger partial charge < -0.3 is 15.0 Å². The summed E-state index contributed by atoms with van der Waals surface area (Å²) in [5.41, 5.74) is 9.25. The molecule has 2 aromatic carbocycles.